The molecule has 1 heterocycles. The summed E-state index contributed by atoms with van der Waals surface area (Å²) in [5.41, 5.74) is 6.65. The Labute approximate surface area is 120 Å². The summed E-state index contributed by atoms with van der Waals surface area (Å²) in [5.74, 6) is 0.558. The zero-order valence-electron chi connectivity index (χ0n) is 11.0. The van der Waals surface area contributed by atoms with Crippen LogP contribution in [0.4, 0.5) is 4.39 Å². The van der Waals surface area contributed by atoms with Gasteiger partial charge in [0.05, 0.1) is 11.9 Å². The second kappa shape index (κ2) is 5.43. The molecule has 2 rings (SSSR count). The molecule has 0 aliphatic heterocycles. The Bertz CT molecular complexity index is 578. The highest BCUT2D eigenvalue weighted by atomic mass is 79.9. The minimum Gasteiger partial charge on any atom is -0.341 e. The lowest BCUT2D eigenvalue weighted by Crippen LogP contribution is -2.23. The van der Waals surface area contributed by atoms with Gasteiger partial charge in [-0.15, -0.1) is 0 Å². The fourth-order valence-electron chi connectivity index (χ4n) is 1.99. The summed E-state index contributed by atoms with van der Waals surface area (Å²) in [6, 6.07) is 4.85. The molecular formula is C14H17BrFN3. The standard InChI is InChI=1S/C14H17BrFN3/c1-14(2,5-6-17)13-18-8-12(19-13)10-7-9(15)3-4-11(10)16/h3-4,7-8H,5-6,17H2,1-2H3,(H,18,19). The van der Waals surface area contributed by atoms with Gasteiger partial charge in [-0.2, -0.15) is 0 Å². The van der Waals surface area contributed by atoms with Crippen molar-refractivity contribution >= 4 is 15.9 Å². The van der Waals surface area contributed by atoms with Crippen LogP contribution in [0.1, 0.15) is 26.1 Å². The molecule has 0 bridgehead atoms. The molecule has 0 radical (unpaired) electrons. The van der Waals surface area contributed by atoms with E-state index in [9.17, 15) is 4.39 Å². The van der Waals surface area contributed by atoms with E-state index in [2.05, 4.69) is 39.7 Å². The summed E-state index contributed by atoms with van der Waals surface area (Å²) >= 11 is 3.35. The first kappa shape index (κ1) is 14.2. The Morgan fingerprint density at radius 3 is 2.84 bits per heavy atom. The molecule has 1 aromatic carbocycles. The minimum absolute atomic E-state index is 0.143. The number of aromatic nitrogens is 2. The summed E-state index contributed by atoms with van der Waals surface area (Å²) in [4.78, 5) is 7.56. The number of rotatable bonds is 4. The third-order valence-electron chi connectivity index (χ3n) is 3.20. The van der Waals surface area contributed by atoms with Crippen molar-refractivity contribution in [2.24, 2.45) is 5.73 Å². The highest BCUT2D eigenvalue weighted by Crippen LogP contribution is 2.29. The molecule has 3 N–H and O–H groups in total. The number of nitrogens with two attached hydrogens (primary N) is 1. The molecule has 0 atom stereocenters. The van der Waals surface area contributed by atoms with Gasteiger partial charge in [0.1, 0.15) is 11.6 Å². The predicted octanol–water partition coefficient (Wildman–Crippen LogP) is 3.60. The molecule has 2 aromatic rings. The summed E-state index contributed by atoms with van der Waals surface area (Å²) in [6.45, 7) is 4.73. The van der Waals surface area contributed by atoms with Gasteiger partial charge in [0.25, 0.3) is 0 Å². The Morgan fingerprint density at radius 2 is 2.16 bits per heavy atom. The summed E-state index contributed by atoms with van der Waals surface area (Å²) in [5, 5.41) is 0. The highest BCUT2D eigenvalue weighted by Gasteiger charge is 2.23. The number of imidazole rings is 1. The number of nitrogens with one attached hydrogen (secondary N) is 1. The van der Waals surface area contributed by atoms with Gasteiger partial charge in [-0.25, -0.2) is 9.37 Å². The minimum atomic E-state index is -0.268. The lowest BCUT2D eigenvalue weighted by molar-refractivity contribution is 0.462. The van der Waals surface area contributed by atoms with E-state index < -0.39 is 0 Å². The maximum Gasteiger partial charge on any atom is 0.132 e. The van der Waals surface area contributed by atoms with Crippen LogP contribution < -0.4 is 5.73 Å². The summed E-state index contributed by atoms with van der Waals surface area (Å²) in [7, 11) is 0. The Balaban J connectivity index is 2.38. The van der Waals surface area contributed by atoms with Crippen LogP contribution in [0, 0.1) is 5.82 Å². The normalized spacial score (nSPS) is 11.8. The zero-order chi connectivity index (χ0) is 14.0. The molecule has 102 valence electrons. The fourth-order valence-corrected chi connectivity index (χ4v) is 2.35. The second-order valence-electron chi connectivity index (χ2n) is 5.19. The molecule has 0 fully saturated rings. The number of hydrogen-bond donors (Lipinski definition) is 2. The molecule has 0 unspecified atom stereocenters. The molecule has 3 nitrogen and oxygen atoms in total. The van der Waals surface area contributed by atoms with E-state index in [4.69, 9.17) is 5.73 Å². The van der Waals surface area contributed by atoms with Crippen molar-refractivity contribution in [3.63, 3.8) is 0 Å². The molecule has 5 heteroatoms. The van der Waals surface area contributed by atoms with Crippen molar-refractivity contribution < 1.29 is 4.39 Å². The van der Waals surface area contributed by atoms with Gasteiger partial charge in [-0.3, -0.25) is 0 Å². The monoisotopic (exact) mass is 325 g/mol. The van der Waals surface area contributed by atoms with Crippen LogP contribution in [0.5, 0.6) is 0 Å². The SMILES string of the molecule is CC(C)(CCN)c1ncc(-c2cc(Br)ccc2F)[nH]1. The number of benzene rings is 1. The Hall–Kier alpha value is -1.20. The number of halogens is 2. The van der Waals surface area contributed by atoms with Gasteiger partial charge in [0.15, 0.2) is 0 Å². The number of nitrogens with zero attached hydrogens (tertiary/aromatic N) is 1. The van der Waals surface area contributed by atoms with Crippen LogP contribution >= 0.6 is 15.9 Å². The largest absolute Gasteiger partial charge is 0.341 e. The van der Waals surface area contributed by atoms with Crippen molar-refractivity contribution in [3.05, 3.63) is 40.5 Å². The van der Waals surface area contributed by atoms with Crippen LogP contribution in [0.2, 0.25) is 0 Å². The maximum absolute atomic E-state index is 13.8. The Morgan fingerprint density at radius 1 is 1.42 bits per heavy atom. The van der Waals surface area contributed by atoms with Crippen LogP contribution in [0.3, 0.4) is 0 Å². The quantitative estimate of drug-likeness (QED) is 0.902. The number of H-pyrrole nitrogens is 1. The molecule has 0 saturated heterocycles. The zero-order valence-corrected chi connectivity index (χ0v) is 12.6. The molecule has 0 spiro atoms. The van der Waals surface area contributed by atoms with Crippen LogP contribution in [0.15, 0.2) is 28.9 Å². The van der Waals surface area contributed by atoms with Crippen molar-refractivity contribution in [2.45, 2.75) is 25.7 Å². The van der Waals surface area contributed by atoms with Crippen molar-refractivity contribution in [2.75, 3.05) is 6.54 Å². The van der Waals surface area contributed by atoms with Gasteiger partial charge in [0.2, 0.25) is 0 Å². The lowest BCUT2D eigenvalue weighted by Gasteiger charge is -2.20. The van der Waals surface area contributed by atoms with Gasteiger partial charge in [0, 0.05) is 15.5 Å². The van der Waals surface area contributed by atoms with Crippen molar-refractivity contribution in [3.8, 4) is 11.3 Å². The molecule has 1 aromatic heterocycles. The van der Waals surface area contributed by atoms with Gasteiger partial charge < -0.3 is 10.7 Å². The van der Waals surface area contributed by atoms with Crippen LogP contribution in [-0.2, 0) is 5.41 Å². The lowest BCUT2D eigenvalue weighted by atomic mass is 9.88. The molecule has 0 saturated carbocycles. The Kier molecular flexibility index (Phi) is 4.06. The third-order valence-corrected chi connectivity index (χ3v) is 3.70. The topological polar surface area (TPSA) is 54.7 Å². The van der Waals surface area contributed by atoms with Crippen molar-refractivity contribution in [1.82, 2.24) is 9.97 Å². The predicted molar refractivity (Wildman–Crippen MR) is 78.4 cm³/mol. The third kappa shape index (κ3) is 3.04. The first-order valence-electron chi connectivity index (χ1n) is 6.15. The smallest absolute Gasteiger partial charge is 0.132 e. The van der Waals surface area contributed by atoms with E-state index in [-0.39, 0.29) is 11.2 Å². The second-order valence-corrected chi connectivity index (χ2v) is 6.11. The molecule has 0 amide bonds. The average Bonchev–Trinajstić information content (AvgIpc) is 2.82. The molecule has 0 aliphatic rings. The number of hydrogen-bond acceptors (Lipinski definition) is 2. The highest BCUT2D eigenvalue weighted by molar-refractivity contribution is 9.10. The van der Waals surface area contributed by atoms with Gasteiger partial charge >= 0.3 is 0 Å². The fraction of sp³-hybridized carbons (Fsp3) is 0.357. The molecular weight excluding hydrogens is 309 g/mol. The number of aromatic amines is 1. The van der Waals surface area contributed by atoms with Crippen LogP contribution in [0.25, 0.3) is 11.3 Å². The molecule has 0 aliphatic carbocycles. The summed E-state index contributed by atoms with van der Waals surface area (Å²) < 4.78 is 14.7. The average molecular weight is 326 g/mol. The van der Waals surface area contributed by atoms with E-state index in [1.807, 2.05) is 0 Å². The van der Waals surface area contributed by atoms with Crippen LogP contribution in [-0.4, -0.2) is 16.5 Å². The van der Waals surface area contributed by atoms with E-state index in [0.29, 0.717) is 17.8 Å². The summed E-state index contributed by atoms with van der Waals surface area (Å²) in [6.07, 6.45) is 2.49. The van der Waals surface area contributed by atoms with Gasteiger partial charge in [-0.05, 0) is 31.2 Å². The first-order chi connectivity index (χ1) is 8.94. The maximum atomic E-state index is 13.8. The van der Waals surface area contributed by atoms with Gasteiger partial charge in [-0.1, -0.05) is 29.8 Å². The molecule has 19 heavy (non-hydrogen) atoms. The van der Waals surface area contributed by atoms with E-state index in [1.54, 1.807) is 18.3 Å². The van der Waals surface area contributed by atoms with E-state index in [0.717, 1.165) is 16.7 Å². The van der Waals surface area contributed by atoms with E-state index >= 15 is 0 Å². The van der Waals surface area contributed by atoms with E-state index in [1.165, 1.54) is 6.07 Å². The first-order valence-corrected chi connectivity index (χ1v) is 6.94. The van der Waals surface area contributed by atoms with Crippen molar-refractivity contribution in [1.29, 1.82) is 0 Å².